The van der Waals surface area contributed by atoms with Crippen molar-refractivity contribution in [2.45, 2.75) is 26.7 Å². The number of fused-ring (bicyclic) bond motifs is 1. The lowest BCUT2D eigenvalue weighted by Crippen LogP contribution is -1.91. The molecule has 0 aliphatic rings. The van der Waals surface area contributed by atoms with E-state index in [1.54, 1.807) is 12.5 Å². The first-order valence-corrected chi connectivity index (χ1v) is 6.59. The standard InChI is InChI=1S/C17H17NO/c1-11(2)14-6-12(3)7-15(8-14)16-9-13-4-5-19-17(13)10-18-16/h4-11H,1-3H3. The van der Waals surface area contributed by atoms with Gasteiger partial charge in [-0.15, -0.1) is 0 Å². The molecule has 0 bridgehead atoms. The molecule has 96 valence electrons. The quantitative estimate of drug-likeness (QED) is 0.645. The lowest BCUT2D eigenvalue weighted by molar-refractivity contribution is 0.614. The number of pyridine rings is 1. The first-order valence-electron chi connectivity index (χ1n) is 6.59. The number of benzene rings is 1. The topological polar surface area (TPSA) is 26.0 Å². The second-order valence-electron chi connectivity index (χ2n) is 5.32. The van der Waals surface area contributed by atoms with Crippen LogP contribution in [0.5, 0.6) is 0 Å². The monoisotopic (exact) mass is 251 g/mol. The normalized spacial score (nSPS) is 11.4. The van der Waals surface area contributed by atoms with Crippen molar-refractivity contribution in [2.24, 2.45) is 0 Å². The number of hydrogen-bond acceptors (Lipinski definition) is 2. The van der Waals surface area contributed by atoms with Gasteiger partial charge in [-0.25, -0.2) is 0 Å². The number of aromatic nitrogens is 1. The number of aryl methyl sites for hydroxylation is 1. The van der Waals surface area contributed by atoms with Crippen molar-refractivity contribution < 1.29 is 4.42 Å². The maximum atomic E-state index is 5.33. The summed E-state index contributed by atoms with van der Waals surface area (Å²) in [6.45, 7) is 6.56. The summed E-state index contributed by atoms with van der Waals surface area (Å²) in [6, 6.07) is 10.7. The minimum absolute atomic E-state index is 0.524. The third-order valence-corrected chi connectivity index (χ3v) is 3.40. The first kappa shape index (κ1) is 12.0. The molecule has 2 heteroatoms. The van der Waals surface area contributed by atoms with E-state index in [2.05, 4.69) is 50.0 Å². The second kappa shape index (κ2) is 4.54. The van der Waals surface area contributed by atoms with Gasteiger partial charge in [0.25, 0.3) is 0 Å². The van der Waals surface area contributed by atoms with Crippen molar-refractivity contribution in [1.82, 2.24) is 4.98 Å². The zero-order valence-corrected chi connectivity index (χ0v) is 11.5. The van der Waals surface area contributed by atoms with Gasteiger partial charge in [0.15, 0.2) is 5.58 Å². The third kappa shape index (κ3) is 2.26. The van der Waals surface area contributed by atoms with Crippen molar-refractivity contribution >= 4 is 11.0 Å². The van der Waals surface area contributed by atoms with Gasteiger partial charge in [0.2, 0.25) is 0 Å². The molecule has 0 saturated carbocycles. The average Bonchev–Trinajstić information content (AvgIpc) is 2.85. The fourth-order valence-corrected chi connectivity index (χ4v) is 2.32. The van der Waals surface area contributed by atoms with Gasteiger partial charge in [0, 0.05) is 10.9 Å². The molecule has 0 unspecified atom stereocenters. The molecule has 0 atom stereocenters. The van der Waals surface area contributed by atoms with Gasteiger partial charge in [-0.05, 0) is 42.7 Å². The Bertz CT molecular complexity index is 725. The molecule has 19 heavy (non-hydrogen) atoms. The Morgan fingerprint density at radius 2 is 1.95 bits per heavy atom. The Kier molecular flexibility index (Phi) is 2.86. The van der Waals surface area contributed by atoms with Crippen molar-refractivity contribution in [1.29, 1.82) is 0 Å². The minimum atomic E-state index is 0.524. The highest BCUT2D eigenvalue weighted by Gasteiger charge is 2.07. The molecule has 0 N–H and O–H groups in total. The maximum absolute atomic E-state index is 5.33. The first-order chi connectivity index (χ1) is 9.13. The van der Waals surface area contributed by atoms with E-state index in [4.69, 9.17) is 4.42 Å². The smallest absolute Gasteiger partial charge is 0.152 e. The van der Waals surface area contributed by atoms with Crippen LogP contribution < -0.4 is 0 Å². The summed E-state index contributed by atoms with van der Waals surface area (Å²) in [7, 11) is 0. The summed E-state index contributed by atoms with van der Waals surface area (Å²) in [5.41, 5.74) is 5.63. The largest absolute Gasteiger partial charge is 0.463 e. The Morgan fingerprint density at radius 3 is 2.74 bits per heavy atom. The van der Waals surface area contributed by atoms with E-state index < -0.39 is 0 Å². The molecule has 0 saturated heterocycles. The van der Waals surface area contributed by atoms with E-state index in [1.165, 1.54) is 16.7 Å². The molecule has 2 heterocycles. The number of furan rings is 1. The Morgan fingerprint density at radius 1 is 1.11 bits per heavy atom. The van der Waals surface area contributed by atoms with Crippen LogP contribution in [0.1, 0.15) is 30.9 Å². The van der Waals surface area contributed by atoms with Crippen LogP contribution in [0.15, 0.2) is 47.2 Å². The Hall–Kier alpha value is -2.09. The summed E-state index contributed by atoms with van der Waals surface area (Å²) >= 11 is 0. The summed E-state index contributed by atoms with van der Waals surface area (Å²) in [5, 5.41) is 1.10. The van der Waals surface area contributed by atoms with Gasteiger partial charge in [-0.2, -0.15) is 0 Å². The van der Waals surface area contributed by atoms with Crippen LogP contribution >= 0.6 is 0 Å². The Labute approximate surface area is 113 Å². The molecule has 3 aromatic rings. The van der Waals surface area contributed by atoms with E-state index >= 15 is 0 Å². The number of nitrogens with zero attached hydrogens (tertiary/aromatic N) is 1. The SMILES string of the molecule is Cc1cc(-c2cc3ccoc3cn2)cc(C(C)C)c1. The number of rotatable bonds is 2. The van der Waals surface area contributed by atoms with E-state index in [9.17, 15) is 0 Å². The lowest BCUT2D eigenvalue weighted by atomic mass is 9.96. The summed E-state index contributed by atoms with van der Waals surface area (Å²) < 4.78 is 5.33. The predicted octanol–water partition coefficient (Wildman–Crippen LogP) is 4.93. The Balaban J connectivity index is 2.14. The molecule has 1 aromatic carbocycles. The van der Waals surface area contributed by atoms with Crippen molar-refractivity contribution in [3.05, 3.63) is 53.9 Å². The van der Waals surface area contributed by atoms with Crippen LogP contribution in [0, 0.1) is 6.92 Å². The van der Waals surface area contributed by atoms with Crippen molar-refractivity contribution in [3.63, 3.8) is 0 Å². The molecular formula is C17H17NO. The van der Waals surface area contributed by atoms with E-state index in [1.807, 2.05) is 6.07 Å². The summed E-state index contributed by atoms with van der Waals surface area (Å²) in [4.78, 5) is 4.50. The zero-order valence-electron chi connectivity index (χ0n) is 11.5. The molecule has 0 spiro atoms. The third-order valence-electron chi connectivity index (χ3n) is 3.40. The van der Waals surface area contributed by atoms with Gasteiger partial charge >= 0.3 is 0 Å². The molecule has 2 nitrogen and oxygen atoms in total. The molecule has 0 amide bonds. The van der Waals surface area contributed by atoms with Crippen LogP contribution in [0.3, 0.4) is 0 Å². The molecule has 0 aliphatic heterocycles. The van der Waals surface area contributed by atoms with Crippen LogP contribution in [0.25, 0.3) is 22.2 Å². The average molecular weight is 251 g/mol. The van der Waals surface area contributed by atoms with Crippen LogP contribution in [0.2, 0.25) is 0 Å². The van der Waals surface area contributed by atoms with Crippen LogP contribution in [0.4, 0.5) is 0 Å². The molecule has 2 aromatic heterocycles. The zero-order chi connectivity index (χ0) is 13.4. The maximum Gasteiger partial charge on any atom is 0.152 e. The molecular weight excluding hydrogens is 234 g/mol. The predicted molar refractivity (Wildman–Crippen MR) is 78.3 cm³/mol. The lowest BCUT2D eigenvalue weighted by Gasteiger charge is -2.10. The highest BCUT2D eigenvalue weighted by atomic mass is 16.3. The van der Waals surface area contributed by atoms with Crippen molar-refractivity contribution in [3.8, 4) is 11.3 Å². The highest BCUT2D eigenvalue weighted by molar-refractivity contribution is 5.81. The molecule has 0 aliphatic carbocycles. The van der Waals surface area contributed by atoms with Crippen LogP contribution in [-0.4, -0.2) is 4.98 Å². The van der Waals surface area contributed by atoms with E-state index in [0.29, 0.717) is 5.92 Å². The number of hydrogen-bond donors (Lipinski definition) is 0. The summed E-state index contributed by atoms with van der Waals surface area (Å²) in [5.74, 6) is 0.524. The van der Waals surface area contributed by atoms with Gasteiger partial charge in [0.1, 0.15) is 0 Å². The van der Waals surface area contributed by atoms with Crippen molar-refractivity contribution in [2.75, 3.05) is 0 Å². The second-order valence-corrected chi connectivity index (χ2v) is 5.32. The molecule has 3 rings (SSSR count). The van der Waals surface area contributed by atoms with E-state index in [-0.39, 0.29) is 0 Å². The molecule has 0 fully saturated rings. The fraction of sp³-hybridized carbons (Fsp3) is 0.235. The fourth-order valence-electron chi connectivity index (χ4n) is 2.32. The van der Waals surface area contributed by atoms with Gasteiger partial charge < -0.3 is 4.42 Å². The minimum Gasteiger partial charge on any atom is -0.463 e. The van der Waals surface area contributed by atoms with Gasteiger partial charge in [-0.3, -0.25) is 4.98 Å². The van der Waals surface area contributed by atoms with Gasteiger partial charge in [-0.1, -0.05) is 25.5 Å². The highest BCUT2D eigenvalue weighted by Crippen LogP contribution is 2.27. The van der Waals surface area contributed by atoms with Gasteiger partial charge in [0.05, 0.1) is 18.2 Å². The van der Waals surface area contributed by atoms with E-state index in [0.717, 1.165) is 16.7 Å². The molecule has 0 radical (unpaired) electrons. The van der Waals surface area contributed by atoms with Crippen LogP contribution in [-0.2, 0) is 0 Å². The summed E-state index contributed by atoms with van der Waals surface area (Å²) in [6.07, 6.45) is 3.49.